The Kier molecular flexibility index (Phi) is 3.11. The minimum atomic E-state index is -0.752. The molecule has 23 heavy (non-hydrogen) atoms. The Bertz CT molecular complexity index is 804. The van der Waals surface area contributed by atoms with E-state index in [-0.39, 0.29) is 11.8 Å². The van der Waals surface area contributed by atoms with E-state index in [0.29, 0.717) is 25.1 Å². The van der Waals surface area contributed by atoms with Gasteiger partial charge in [0.15, 0.2) is 0 Å². The van der Waals surface area contributed by atoms with Gasteiger partial charge in [-0.3, -0.25) is 14.6 Å². The predicted molar refractivity (Wildman–Crippen MR) is 85.1 cm³/mol. The smallest absolute Gasteiger partial charge is 0.311 e. The van der Waals surface area contributed by atoms with Crippen LogP contribution in [0, 0.1) is 11.3 Å². The molecule has 1 N–H and O–H groups in total. The second-order valence-electron chi connectivity index (χ2n) is 6.65. The average Bonchev–Trinajstić information content (AvgIpc) is 3.12. The van der Waals surface area contributed by atoms with E-state index in [1.807, 2.05) is 24.3 Å². The first-order valence-corrected chi connectivity index (χ1v) is 7.98. The van der Waals surface area contributed by atoms with E-state index in [1.165, 1.54) is 0 Å². The van der Waals surface area contributed by atoms with E-state index in [4.69, 9.17) is 0 Å². The van der Waals surface area contributed by atoms with Crippen molar-refractivity contribution in [3.8, 4) is 0 Å². The molecule has 1 saturated carbocycles. The maximum Gasteiger partial charge on any atom is 0.311 e. The van der Waals surface area contributed by atoms with E-state index in [9.17, 15) is 14.7 Å². The van der Waals surface area contributed by atoms with Gasteiger partial charge in [0, 0.05) is 30.2 Å². The number of fused-ring (bicyclic) bond motifs is 2. The Morgan fingerprint density at radius 2 is 2.17 bits per heavy atom. The number of carbonyl (C=O) groups excluding carboxylic acids is 1. The molecule has 2 aromatic rings. The second kappa shape index (κ2) is 5.05. The zero-order valence-corrected chi connectivity index (χ0v) is 12.7. The third kappa shape index (κ3) is 2.11. The molecule has 0 unspecified atom stereocenters. The number of benzene rings is 1. The molecular formula is C18H18N2O3. The predicted octanol–water partition coefficient (Wildman–Crippen LogP) is 2.56. The molecule has 2 aliphatic rings. The first-order chi connectivity index (χ1) is 11.1. The summed E-state index contributed by atoms with van der Waals surface area (Å²) in [5.74, 6) is -0.741. The van der Waals surface area contributed by atoms with Crippen LogP contribution in [0.1, 0.15) is 29.6 Å². The van der Waals surface area contributed by atoms with Crippen LogP contribution < -0.4 is 0 Å². The van der Waals surface area contributed by atoms with Crippen molar-refractivity contribution in [2.45, 2.75) is 19.3 Å². The normalized spacial score (nSPS) is 26.4. The third-order valence-electron chi connectivity index (χ3n) is 5.43. The molecule has 1 aliphatic heterocycles. The summed E-state index contributed by atoms with van der Waals surface area (Å²) >= 11 is 0. The van der Waals surface area contributed by atoms with Gasteiger partial charge in [-0.05, 0) is 43.0 Å². The summed E-state index contributed by atoms with van der Waals surface area (Å²) in [5.41, 5.74) is 0.726. The van der Waals surface area contributed by atoms with Crippen LogP contribution in [0.4, 0.5) is 0 Å². The fraction of sp³-hybridized carbons (Fsp3) is 0.389. The second-order valence-corrected chi connectivity index (χ2v) is 6.65. The molecule has 0 bridgehead atoms. The van der Waals surface area contributed by atoms with Gasteiger partial charge in [0.2, 0.25) is 0 Å². The quantitative estimate of drug-likeness (QED) is 0.925. The molecule has 118 valence electrons. The van der Waals surface area contributed by atoms with Crippen molar-refractivity contribution in [1.82, 2.24) is 9.88 Å². The van der Waals surface area contributed by atoms with Crippen molar-refractivity contribution in [3.63, 3.8) is 0 Å². The minimum absolute atomic E-state index is 0.0780. The van der Waals surface area contributed by atoms with Crippen molar-refractivity contribution < 1.29 is 14.7 Å². The van der Waals surface area contributed by atoms with Gasteiger partial charge in [-0.15, -0.1) is 0 Å². The van der Waals surface area contributed by atoms with Crippen molar-refractivity contribution in [2.75, 3.05) is 13.1 Å². The van der Waals surface area contributed by atoms with Crippen LogP contribution in [0.5, 0.6) is 0 Å². The van der Waals surface area contributed by atoms with Gasteiger partial charge in [-0.1, -0.05) is 12.5 Å². The zero-order chi connectivity index (χ0) is 16.0. The molecule has 2 heterocycles. The summed E-state index contributed by atoms with van der Waals surface area (Å²) in [7, 11) is 0. The average molecular weight is 310 g/mol. The first-order valence-electron chi connectivity index (χ1n) is 7.98. The highest BCUT2D eigenvalue weighted by Gasteiger charge is 2.55. The van der Waals surface area contributed by atoms with Crippen LogP contribution in [0.25, 0.3) is 10.9 Å². The SMILES string of the molecule is O=C(c1ccc2ncccc2c1)N1C[C@@H]2CCC[C@@]2(C(=O)O)C1. The van der Waals surface area contributed by atoms with E-state index < -0.39 is 11.4 Å². The van der Waals surface area contributed by atoms with Gasteiger partial charge in [0.1, 0.15) is 0 Å². The van der Waals surface area contributed by atoms with Crippen LogP contribution >= 0.6 is 0 Å². The molecule has 0 spiro atoms. The molecular weight excluding hydrogens is 292 g/mol. The number of amides is 1. The number of carboxylic acid groups (broad SMARTS) is 1. The van der Waals surface area contributed by atoms with Crippen molar-refractivity contribution in [1.29, 1.82) is 0 Å². The molecule has 1 saturated heterocycles. The maximum atomic E-state index is 12.8. The lowest BCUT2D eigenvalue weighted by Crippen LogP contribution is -2.37. The highest BCUT2D eigenvalue weighted by molar-refractivity contribution is 5.98. The molecule has 0 radical (unpaired) electrons. The summed E-state index contributed by atoms with van der Waals surface area (Å²) in [6.45, 7) is 0.882. The molecule has 1 amide bonds. The number of hydrogen-bond acceptors (Lipinski definition) is 3. The largest absolute Gasteiger partial charge is 0.481 e. The molecule has 1 aromatic carbocycles. The molecule has 1 aromatic heterocycles. The van der Waals surface area contributed by atoms with Crippen molar-refractivity contribution in [2.24, 2.45) is 11.3 Å². The lowest BCUT2D eigenvalue weighted by Gasteiger charge is -2.23. The van der Waals surface area contributed by atoms with Crippen LogP contribution in [0.15, 0.2) is 36.5 Å². The van der Waals surface area contributed by atoms with E-state index in [1.54, 1.807) is 17.2 Å². The lowest BCUT2D eigenvalue weighted by atomic mass is 9.81. The number of nitrogens with zero attached hydrogens (tertiary/aromatic N) is 2. The Morgan fingerprint density at radius 1 is 1.30 bits per heavy atom. The van der Waals surface area contributed by atoms with Gasteiger partial charge in [0.05, 0.1) is 10.9 Å². The van der Waals surface area contributed by atoms with Crippen molar-refractivity contribution >= 4 is 22.8 Å². The molecule has 2 atom stereocenters. The number of rotatable bonds is 2. The Balaban J connectivity index is 1.63. The van der Waals surface area contributed by atoms with Gasteiger partial charge >= 0.3 is 5.97 Å². The molecule has 2 fully saturated rings. The van der Waals surface area contributed by atoms with E-state index in [2.05, 4.69) is 4.98 Å². The number of aromatic nitrogens is 1. The number of hydrogen-bond donors (Lipinski definition) is 1. The highest BCUT2D eigenvalue weighted by Crippen LogP contribution is 2.49. The van der Waals surface area contributed by atoms with Gasteiger partial charge < -0.3 is 10.0 Å². The summed E-state index contributed by atoms with van der Waals surface area (Å²) < 4.78 is 0. The van der Waals surface area contributed by atoms with Crippen LogP contribution in [-0.2, 0) is 4.79 Å². The Hall–Kier alpha value is -2.43. The third-order valence-corrected chi connectivity index (χ3v) is 5.43. The number of carbonyl (C=O) groups is 2. The first kappa shape index (κ1) is 14.2. The fourth-order valence-corrected chi connectivity index (χ4v) is 4.18. The van der Waals surface area contributed by atoms with Gasteiger partial charge in [-0.25, -0.2) is 0 Å². The van der Waals surface area contributed by atoms with Crippen LogP contribution in [0.2, 0.25) is 0 Å². The van der Waals surface area contributed by atoms with Crippen LogP contribution in [0.3, 0.4) is 0 Å². The topological polar surface area (TPSA) is 70.5 Å². The monoisotopic (exact) mass is 310 g/mol. The Morgan fingerprint density at radius 3 is 2.96 bits per heavy atom. The zero-order valence-electron chi connectivity index (χ0n) is 12.7. The highest BCUT2D eigenvalue weighted by atomic mass is 16.4. The molecule has 5 heteroatoms. The minimum Gasteiger partial charge on any atom is -0.481 e. The Labute approximate surface area is 133 Å². The maximum absolute atomic E-state index is 12.8. The number of likely N-dealkylation sites (tertiary alicyclic amines) is 1. The summed E-state index contributed by atoms with van der Waals surface area (Å²) in [6.07, 6.45) is 4.25. The van der Waals surface area contributed by atoms with Crippen LogP contribution in [-0.4, -0.2) is 40.0 Å². The standard InChI is InChI=1S/C18H18N2O3/c21-16(13-5-6-15-12(9-13)3-2-8-19-15)20-10-14-4-1-7-18(14,11-20)17(22)23/h2-3,5-6,8-9,14H,1,4,7,10-11H2,(H,22,23)/t14-,18+/m0/s1. The summed E-state index contributed by atoms with van der Waals surface area (Å²) in [4.78, 5) is 30.5. The van der Waals surface area contributed by atoms with Gasteiger partial charge in [-0.2, -0.15) is 0 Å². The number of pyridine rings is 1. The van der Waals surface area contributed by atoms with E-state index >= 15 is 0 Å². The van der Waals surface area contributed by atoms with Gasteiger partial charge in [0.25, 0.3) is 5.91 Å². The summed E-state index contributed by atoms with van der Waals surface area (Å²) in [5, 5.41) is 10.6. The van der Waals surface area contributed by atoms with E-state index in [0.717, 1.165) is 23.7 Å². The van der Waals surface area contributed by atoms with Crippen molar-refractivity contribution in [3.05, 3.63) is 42.1 Å². The molecule has 4 rings (SSSR count). The number of carboxylic acids is 1. The molecule has 1 aliphatic carbocycles. The fourth-order valence-electron chi connectivity index (χ4n) is 4.18. The summed E-state index contributed by atoms with van der Waals surface area (Å²) in [6, 6.07) is 9.23. The lowest BCUT2D eigenvalue weighted by molar-refractivity contribution is -0.149. The number of aliphatic carboxylic acids is 1. The molecule has 5 nitrogen and oxygen atoms in total.